The van der Waals surface area contributed by atoms with Gasteiger partial charge in [-0.15, -0.1) is 0 Å². The lowest BCUT2D eigenvalue weighted by atomic mass is 10.2. The van der Waals surface area contributed by atoms with Gasteiger partial charge in [-0.05, 0) is 6.92 Å². The minimum atomic E-state index is -1.23. The van der Waals surface area contributed by atoms with Gasteiger partial charge in [-0.1, -0.05) is 0 Å². The minimum Gasteiger partial charge on any atom is -0.480 e. The molecule has 144 valence electrons. The normalized spacial score (nSPS) is 10.8. The van der Waals surface area contributed by atoms with Crippen molar-refractivity contribution in [2.75, 3.05) is 32.7 Å². The highest BCUT2D eigenvalue weighted by atomic mass is 16.4. The molecule has 0 aliphatic carbocycles. The fourth-order valence-electron chi connectivity index (χ4n) is 1.77. The standard InChI is InChI=1S/C11H18N2O8.3H2O/c1-7(13(5-10(18)19)6-11(20)21)2-12(3-8(14)15)4-9(16)17;;;/h7H,2-6H2,1H3,(H,14,15)(H,16,17)(H,18,19)(H,20,21);3*1H2. The van der Waals surface area contributed by atoms with Gasteiger partial charge in [-0.3, -0.25) is 29.0 Å². The minimum absolute atomic E-state index is 0. The molecule has 0 amide bonds. The van der Waals surface area contributed by atoms with Gasteiger partial charge >= 0.3 is 23.9 Å². The number of rotatable bonds is 11. The molecule has 0 bridgehead atoms. The Morgan fingerprint density at radius 1 is 0.708 bits per heavy atom. The van der Waals surface area contributed by atoms with Gasteiger partial charge in [0.05, 0.1) is 26.2 Å². The molecule has 1 atom stereocenters. The lowest BCUT2D eigenvalue weighted by Crippen LogP contribution is -2.48. The first-order valence-electron chi connectivity index (χ1n) is 5.95. The summed E-state index contributed by atoms with van der Waals surface area (Å²) in [4.78, 5) is 44.9. The summed E-state index contributed by atoms with van der Waals surface area (Å²) < 4.78 is 0. The van der Waals surface area contributed by atoms with Crippen molar-refractivity contribution in [1.82, 2.24) is 9.80 Å². The second-order valence-electron chi connectivity index (χ2n) is 4.50. The van der Waals surface area contributed by atoms with Crippen molar-refractivity contribution >= 4 is 23.9 Å². The zero-order valence-electron chi connectivity index (χ0n) is 12.9. The predicted molar refractivity (Wildman–Crippen MR) is 78.9 cm³/mol. The Morgan fingerprint density at radius 3 is 1.25 bits per heavy atom. The summed E-state index contributed by atoms with van der Waals surface area (Å²) in [6.45, 7) is -0.736. The molecule has 0 aromatic rings. The summed E-state index contributed by atoms with van der Waals surface area (Å²) in [6, 6.07) is -0.643. The smallest absolute Gasteiger partial charge is 0.317 e. The summed E-state index contributed by atoms with van der Waals surface area (Å²) in [5.41, 5.74) is 0. The predicted octanol–water partition coefficient (Wildman–Crippen LogP) is -4.16. The van der Waals surface area contributed by atoms with Gasteiger partial charge in [-0.2, -0.15) is 0 Å². The monoisotopic (exact) mass is 360 g/mol. The summed E-state index contributed by atoms with van der Waals surface area (Å²) in [5, 5.41) is 34.9. The van der Waals surface area contributed by atoms with Gasteiger partial charge in [0.2, 0.25) is 0 Å². The molecule has 0 fully saturated rings. The fraction of sp³-hybridized carbons (Fsp3) is 0.636. The Bertz CT molecular complexity index is 383. The first-order chi connectivity index (χ1) is 9.61. The van der Waals surface area contributed by atoms with Crippen LogP contribution in [0.5, 0.6) is 0 Å². The van der Waals surface area contributed by atoms with Crippen LogP contribution in [0.4, 0.5) is 0 Å². The van der Waals surface area contributed by atoms with E-state index < -0.39 is 56.1 Å². The molecular weight excluding hydrogens is 336 g/mol. The molecule has 0 spiro atoms. The zero-order valence-corrected chi connectivity index (χ0v) is 12.9. The number of nitrogens with zero attached hydrogens (tertiary/aromatic N) is 2. The van der Waals surface area contributed by atoms with Crippen LogP contribution in [0.1, 0.15) is 6.92 Å². The molecule has 0 aromatic carbocycles. The summed E-state index contributed by atoms with van der Waals surface area (Å²) >= 11 is 0. The lowest BCUT2D eigenvalue weighted by molar-refractivity contribution is -0.146. The summed E-state index contributed by atoms with van der Waals surface area (Å²) in [5.74, 6) is -4.92. The second-order valence-corrected chi connectivity index (χ2v) is 4.50. The maximum Gasteiger partial charge on any atom is 0.317 e. The van der Waals surface area contributed by atoms with Crippen LogP contribution in [-0.2, 0) is 19.2 Å². The van der Waals surface area contributed by atoms with E-state index in [1.54, 1.807) is 0 Å². The SMILES string of the molecule is CC(CN(CC(=O)O)CC(=O)O)N(CC(=O)O)CC(=O)O.O.O.O. The molecule has 0 saturated carbocycles. The number of carboxylic acid groups (broad SMARTS) is 4. The molecular formula is C11H24N2O11. The molecule has 24 heavy (non-hydrogen) atoms. The van der Waals surface area contributed by atoms with Gasteiger partial charge in [0.1, 0.15) is 0 Å². The zero-order chi connectivity index (χ0) is 16.6. The third-order valence-electron chi connectivity index (χ3n) is 2.54. The van der Waals surface area contributed by atoms with Gasteiger partial charge in [0.25, 0.3) is 0 Å². The maximum absolute atomic E-state index is 10.7. The van der Waals surface area contributed by atoms with Crippen LogP contribution < -0.4 is 0 Å². The third kappa shape index (κ3) is 14.6. The first kappa shape index (κ1) is 29.7. The van der Waals surface area contributed by atoms with Crippen LogP contribution in [0.25, 0.3) is 0 Å². The fourth-order valence-corrected chi connectivity index (χ4v) is 1.77. The molecule has 0 saturated heterocycles. The van der Waals surface area contributed by atoms with Gasteiger partial charge < -0.3 is 36.9 Å². The number of aliphatic carboxylic acids is 4. The number of hydrogen-bond donors (Lipinski definition) is 4. The highest BCUT2D eigenvalue weighted by Gasteiger charge is 2.23. The lowest BCUT2D eigenvalue weighted by Gasteiger charge is -2.30. The van der Waals surface area contributed by atoms with Crippen LogP contribution in [0.2, 0.25) is 0 Å². The number of carbonyl (C=O) groups is 4. The van der Waals surface area contributed by atoms with Gasteiger partial charge in [0, 0.05) is 12.6 Å². The van der Waals surface area contributed by atoms with Crippen molar-refractivity contribution < 1.29 is 56.0 Å². The molecule has 0 radical (unpaired) electrons. The summed E-state index contributed by atoms with van der Waals surface area (Å²) in [6.07, 6.45) is 0. The van der Waals surface area contributed by atoms with Gasteiger partial charge in [-0.25, -0.2) is 0 Å². The molecule has 0 aromatic heterocycles. The molecule has 0 heterocycles. The van der Waals surface area contributed by atoms with E-state index in [-0.39, 0.29) is 23.0 Å². The van der Waals surface area contributed by atoms with E-state index in [2.05, 4.69) is 0 Å². The Kier molecular flexibility index (Phi) is 17.7. The highest BCUT2D eigenvalue weighted by Crippen LogP contribution is 2.03. The highest BCUT2D eigenvalue weighted by molar-refractivity contribution is 5.73. The second kappa shape index (κ2) is 14.3. The van der Waals surface area contributed by atoms with E-state index >= 15 is 0 Å². The number of hydrogen-bond acceptors (Lipinski definition) is 6. The van der Waals surface area contributed by atoms with Gasteiger partial charge in [0.15, 0.2) is 0 Å². The maximum atomic E-state index is 10.7. The van der Waals surface area contributed by atoms with Crippen LogP contribution in [0.3, 0.4) is 0 Å². The molecule has 0 aliphatic heterocycles. The van der Waals surface area contributed by atoms with E-state index in [4.69, 9.17) is 20.4 Å². The Labute approximate surface area is 136 Å². The number of carboxylic acids is 4. The molecule has 0 rings (SSSR count). The molecule has 13 nitrogen and oxygen atoms in total. The van der Waals surface area contributed by atoms with Crippen molar-refractivity contribution in [3.63, 3.8) is 0 Å². The summed E-state index contributed by atoms with van der Waals surface area (Å²) in [7, 11) is 0. The van der Waals surface area contributed by atoms with Crippen LogP contribution >= 0.6 is 0 Å². The molecule has 1 unspecified atom stereocenters. The van der Waals surface area contributed by atoms with E-state index in [1.165, 1.54) is 6.92 Å². The van der Waals surface area contributed by atoms with Crippen molar-refractivity contribution in [3.05, 3.63) is 0 Å². The first-order valence-corrected chi connectivity index (χ1v) is 5.95. The van der Waals surface area contributed by atoms with E-state index in [9.17, 15) is 19.2 Å². The van der Waals surface area contributed by atoms with Crippen molar-refractivity contribution in [1.29, 1.82) is 0 Å². The van der Waals surface area contributed by atoms with Crippen LogP contribution in [0, 0.1) is 0 Å². The molecule has 10 N–H and O–H groups in total. The van der Waals surface area contributed by atoms with E-state index in [1.807, 2.05) is 0 Å². The van der Waals surface area contributed by atoms with Crippen LogP contribution in [0.15, 0.2) is 0 Å². The largest absolute Gasteiger partial charge is 0.480 e. The molecule has 13 heteroatoms. The Hall–Kier alpha value is -2.32. The third-order valence-corrected chi connectivity index (χ3v) is 2.54. The van der Waals surface area contributed by atoms with Crippen LogP contribution in [-0.4, -0.2) is 109 Å². The topological polar surface area (TPSA) is 250 Å². The average molecular weight is 360 g/mol. The van der Waals surface area contributed by atoms with Crippen molar-refractivity contribution in [2.45, 2.75) is 13.0 Å². The molecule has 0 aliphatic rings. The average Bonchev–Trinajstić information content (AvgIpc) is 2.24. The van der Waals surface area contributed by atoms with Crippen molar-refractivity contribution in [3.8, 4) is 0 Å². The quantitative estimate of drug-likeness (QED) is 0.276. The van der Waals surface area contributed by atoms with E-state index in [0.29, 0.717) is 0 Å². The Balaban J connectivity index is -0.000000667. The van der Waals surface area contributed by atoms with Crippen molar-refractivity contribution in [2.24, 2.45) is 0 Å². The Morgan fingerprint density at radius 2 is 1.00 bits per heavy atom. The van der Waals surface area contributed by atoms with E-state index in [0.717, 1.165) is 9.80 Å².